The number of benzene rings is 3. The Kier molecular flexibility index (Phi) is 6.64. The lowest BCUT2D eigenvalue weighted by Gasteiger charge is -2.15. The van der Waals surface area contributed by atoms with Gasteiger partial charge in [-0.15, -0.1) is 0 Å². The largest absolute Gasteiger partial charge is 0.469 e. The van der Waals surface area contributed by atoms with E-state index in [-0.39, 0.29) is 11.5 Å². The maximum atomic E-state index is 12.4. The number of rotatable bonds is 7. The minimum Gasteiger partial charge on any atom is -0.469 e. The first-order valence-electron chi connectivity index (χ1n) is 10.6. The molecular weight excluding hydrogens is 416 g/mol. The van der Waals surface area contributed by atoms with Crippen LogP contribution in [-0.2, 0) is 16.0 Å². The monoisotopic (exact) mass is 440 g/mol. The van der Waals surface area contributed by atoms with Crippen molar-refractivity contribution in [3.05, 3.63) is 100 Å². The molecule has 0 amide bonds. The fourth-order valence-corrected chi connectivity index (χ4v) is 3.64. The number of H-pyrrole nitrogens is 1. The van der Waals surface area contributed by atoms with E-state index in [0.29, 0.717) is 35.6 Å². The first-order valence-corrected chi connectivity index (χ1v) is 10.6. The molecule has 0 fully saturated rings. The minimum atomic E-state index is -0.245. The number of aromatic amines is 1. The topological polar surface area (TPSA) is 81.3 Å². The molecule has 3 aromatic carbocycles. The highest BCUT2D eigenvalue weighted by atomic mass is 16.5. The molecule has 4 aromatic rings. The number of hydrogen-bond donors (Lipinski definition) is 1. The molecule has 1 heterocycles. The van der Waals surface area contributed by atoms with E-state index in [4.69, 9.17) is 9.47 Å². The average Bonchev–Trinajstić information content (AvgIpc) is 2.85. The molecule has 1 N–H and O–H groups in total. The van der Waals surface area contributed by atoms with Gasteiger partial charge < -0.3 is 9.47 Å². The summed E-state index contributed by atoms with van der Waals surface area (Å²) < 4.78 is 10.8. The van der Waals surface area contributed by atoms with Gasteiger partial charge >= 0.3 is 5.97 Å². The van der Waals surface area contributed by atoms with Crippen LogP contribution in [0.25, 0.3) is 22.4 Å². The van der Waals surface area contributed by atoms with Gasteiger partial charge in [-0.3, -0.25) is 9.59 Å². The maximum absolute atomic E-state index is 12.4. The first-order chi connectivity index (χ1) is 16.1. The molecule has 0 saturated carbocycles. The van der Waals surface area contributed by atoms with E-state index in [1.807, 2.05) is 78.9 Å². The Bertz CT molecular complexity index is 1310. The SMILES string of the molecule is COC(=O)CCc1ccc(-c2c(-c3ccccc3Oc3ccccc3)n[nH]c(=O)c2C)cc1. The predicted octanol–water partition coefficient (Wildman–Crippen LogP) is 5.31. The normalized spacial score (nSPS) is 10.6. The number of para-hydroxylation sites is 2. The number of carbonyl (C=O) groups is 1. The van der Waals surface area contributed by atoms with Gasteiger partial charge in [0.25, 0.3) is 5.56 Å². The summed E-state index contributed by atoms with van der Waals surface area (Å²) in [5.74, 6) is 1.10. The van der Waals surface area contributed by atoms with Crippen molar-refractivity contribution in [3.8, 4) is 33.9 Å². The van der Waals surface area contributed by atoms with Gasteiger partial charge in [0.05, 0.1) is 7.11 Å². The molecule has 0 bridgehead atoms. The summed E-state index contributed by atoms with van der Waals surface area (Å²) in [5, 5.41) is 7.01. The van der Waals surface area contributed by atoms with Crippen molar-refractivity contribution < 1.29 is 14.3 Å². The number of ether oxygens (including phenoxy) is 2. The summed E-state index contributed by atoms with van der Waals surface area (Å²) in [7, 11) is 1.38. The van der Waals surface area contributed by atoms with Crippen molar-refractivity contribution in [1.29, 1.82) is 0 Å². The summed E-state index contributed by atoms with van der Waals surface area (Å²) in [4.78, 5) is 23.9. The Hall–Kier alpha value is -4.19. The molecule has 33 heavy (non-hydrogen) atoms. The smallest absolute Gasteiger partial charge is 0.305 e. The first kappa shape index (κ1) is 22.0. The van der Waals surface area contributed by atoms with E-state index in [9.17, 15) is 9.59 Å². The number of hydrogen-bond acceptors (Lipinski definition) is 5. The van der Waals surface area contributed by atoms with E-state index in [2.05, 4.69) is 10.2 Å². The van der Waals surface area contributed by atoms with Gasteiger partial charge in [-0.25, -0.2) is 5.10 Å². The van der Waals surface area contributed by atoms with Crippen molar-refractivity contribution in [2.24, 2.45) is 0 Å². The average molecular weight is 440 g/mol. The molecular formula is C27H24N2O4. The van der Waals surface area contributed by atoms with Crippen LogP contribution in [0.4, 0.5) is 0 Å². The lowest BCUT2D eigenvalue weighted by Crippen LogP contribution is -2.14. The van der Waals surface area contributed by atoms with Crippen molar-refractivity contribution >= 4 is 5.97 Å². The van der Waals surface area contributed by atoms with Crippen LogP contribution < -0.4 is 10.3 Å². The summed E-state index contributed by atoms with van der Waals surface area (Å²) in [6.07, 6.45) is 0.900. The molecule has 6 nitrogen and oxygen atoms in total. The molecule has 166 valence electrons. The van der Waals surface area contributed by atoms with Crippen LogP contribution in [0.15, 0.2) is 83.7 Å². The molecule has 0 atom stereocenters. The van der Waals surface area contributed by atoms with Crippen LogP contribution in [-0.4, -0.2) is 23.3 Å². The standard InChI is InChI=1S/C27H24N2O4/c1-18-25(20-15-12-19(13-16-20)14-17-24(30)32-2)26(28-29-27(18)31)22-10-6-7-11-23(22)33-21-8-4-3-5-9-21/h3-13,15-16H,14,17H2,1-2H3,(H,29,31). The third-order valence-electron chi connectivity index (χ3n) is 5.42. The Morgan fingerprint density at radius 2 is 1.64 bits per heavy atom. The zero-order chi connectivity index (χ0) is 23.2. The number of nitrogens with one attached hydrogen (secondary N) is 1. The highest BCUT2D eigenvalue weighted by Gasteiger charge is 2.18. The summed E-state index contributed by atoms with van der Waals surface area (Å²) in [6, 6.07) is 24.9. The van der Waals surface area contributed by atoms with E-state index in [0.717, 1.165) is 22.3 Å². The molecule has 1 aromatic heterocycles. The summed E-state index contributed by atoms with van der Waals surface area (Å²) >= 11 is 0. The van der Waals surface area contributed by atoms with Crippen LogP contribution >= 0.6 is 0 Å². The van der Waals surface area contributed by atoms with E-state index in [1.165, 1.54) is 7.11 Å². The number of aryl methyl sites for hydroxylation is 1. The second kappa shape index (κ2) is 9.96. The fourth-order valence-electron chi connectivity index (χ4n) is 3.64. The van der Waals surface area contributed by atoms with Crippen LogP contribution in [0.3, 0.4) is 0 Å². The van der Waals surface area contributed by atoms with Crippen molar-refractivity contribution in [2.75, 3.05) is 7.11 Å². The lowest BCUT2D eigenvalue weighted by atomic mass is 9.94. The van der Waals surface area contributed by atoms with Gasteiger partial charge in [0.15, 0.2) is 0 Å². The van der Waals surface area contributed by atoms with E-state index < -0.39 is 0 Å². The van der Waals surface area contributed by atoms with E-state index in [1.54, 1.807) is 6.92 Å². The van der Waals surface area contributed by atoms with Gasteiger partial charge in [-0.05, 0) is 48.7 Å². The van der Waals surface area contributed by atoms with Crippen LogP contribution in [0, 0.1) is 6.92 Å². The molecule has 0 aliphatic rings. The molecule has 0 spiro atoms. The van der Waals surface area contributed by atoms with Crippen molar-refractivity contribution in [2.45, 2.75) is 19.8 Å². The Morgan fingerprint density at radius 3 is 2.36 bits per heavy atom. The molecule has 0 radical (unpaired) electrons. The second-order valence-corrected chi connectivity index (χ2v) is 7.59. The Balaban J connectivity index is 1.75. The van der Waals surface area contributed by atoms with Gasteiger partial charge in [0.2, 0.25) is 0 Å². The second-order valence-electron chi connectivity index (χ2n) is 7.59. The molecule has 0 aliphatic carbocycles. The third-order valence-corrected chi connectivity index (χ3v) is 5.42. The highest BCUT2D eigenvalue weighted by Crippen LogP contribution is 2.38. The molecule has 0 saturated heterocycles. The third kappa shape index (κ3) is 5.01. The Labute approximate surface area is 191 Å². The number of nitrogens with zero attached hydrogens (tertiary/aromatic N) is 1. The number of carbonyl (C=O) groups excluding carboxylic acids is 1. The van der Waals surface area contributed by atoms with Gasteiger partial charge in [-0.1, -0.05) is 54.6 Å². The zero-order valence-corrected chi connectivity index (χ0v) is 18.5. The van der Waals surface area contributed by atoms with Gasteiger partial charge in [0.1, 0.15) is 17.2 Å². The van der Waals surface area contributed by atoms with Crippen molar-refractivity contribution in [3.63, 3.8) is 0 Å². The molecule has 4 rings (SSSR count). The number of esters is 1. The number of aromatic nitrogens is 2. The Morgan fingerprint density at radius 1 is 0.939 bits per heavy atom. The van der Waals surface area contributed by atoms with Crippen molar-refractivity contribution in [1.82, 2.24) is 10.2 Å². The summed E-state index contributed by atoms with van der Waals surface area (Å²) in [5.41, 5.74) is 4.32. The highest BCUT2D eigenvalue weighted by molar-refractivity contribution is 5.85. The van der Waals surface area contributed by atoms with Crippen LogP contribution in [0.1, 0.15) is 17.5 Å². The van der Waals surface area contributed by atoms with E-state index >= 15 is 0 Å². The minimum absolute atomic E-state index is 0.244. The van der Waals surface area contributed by atoms with Gasteiger partial charge in [0, 0.05) is 23.1 Å². The van der Waals surface area contributed by atoms with Crippen LogP contribution in [0.2, 0.25) is 0 Å². The fraction of sp³-hybridized carbons (Fsp3) is 0.148. The van der Waals surface area contributed by atoms with Crippen LogP contribution in [0.5, 0.6) is 11.5 Å². The zero-order valence-electron chi connectivity index (χ0n) is 18.5. The number of methoxy groups -OCH3 is 1. The maximum Gasteiger partial charge on any atom is 0.305 e. The quantitative estimate of drug-likeness (QED) is 0.394. The summed E-state index contributed by atoms with van der Waals surface area (Å²) in [6.45, 7) is 1.78. The lowest BCUT2D eigenvalue weighted by molar-refractivity contribution is -0.140. The predicted molar refractivity (Wildman–Crippen MR) is 127 cm³/mol. The molecule has 0 unspecified atom stereocenters. The molecule has 6 heteroatoms. The molecule has 0 aliphatic heterocycles. The van der Waals surface area contributed by atoms with Gasteiger partial charge in [-0.2, -0.15) is 5.10 Å².